The van der Waals surface area contributed by atoms with Crippen LogP contribution >= 0.6 is 0 Å². The smallest absolute Gasteiger partial charge is 0.306 e. The van der Waals surface area contributed by atoms with Crippen LogP contribution in [0.2, 0.25) is 0 Å². The lowest BCUT2D eigenvalue weighted by molar-refractivity contribution is -0.167. The van der Waals surface area contributed by atoms with Gasteiger partial charge in [-0.1, -0.05) is 251 Å². The first-order chi connectivity index (χ1) is 35.5. The summed E-state index contributed by atoms with van der Waals surface area (Å²) < 4.78 is 16.8. The Bertz CT molecular complexity index is 1520. The SMILES string of the molecule is CC/C=C\C/C=C\C/C=C\CCCCCCCCCCCC(=O)OCC(COC(=O)CCC/C=C\C/C=C\C/C=C\CCCCCCCC)OC(=O)CCCCCCC\C=C/C=C\C=C/C=C\CCCCC. The summed E-state index contributed by atoms with van der Waals surface area (Å²) >= 11 is 0. The van der Waals surface area contributed by atoms with Crippen molar-refractivity contribution in [2.24, 2.45) is 0 Å². The summed E-state index contributed by atoms with van der Waals surface area (Å²) in [6.45, 7) is 6.42. The van der Waals surface area contributed by atoms with E-state index < -0.39 is 6.10 Å². The van der Waals surface area contributed by atoms with E-state index >= 15 is 0 Å². The van der Waals surface area contributed by atoms with Gasteiger partial charge in [0.25, 0.3) is 0 Å². The lowest BCUT2D eigenvalue weighted by Gasteiger charge is -2.18. The Hall–Kier alpha value is -4.19. The van der Waals surface area contributed by atoms with Crippen LogP contribution in [0.15, 0.2) is 122 Å². The Labute approximate surface area is 443 Å². The topological polar surface area (TPSA) is 78.9 Å². The van der Waals surface area contributed by atoms with Gasteiger partial charge < -0.3 is 14.2 Å². The molecule has 408 valence electrons. The molecular formula is C66H108O6. The van der Waals surface area contributed by atoms with Crippen molar-refractivity contribution in [2.45, 2.75) is 264 Å². The van der Waals surface area contributed by atoms with Crippen molar-refractivity contribution in [3.05, 3.63) is 122 Å². The van der Waals surface area contributed by atoms with Gasteiger partial charge in [0.1, 0.15) is 13.2 Å². The number of allylic oxidation sites excluding steroid dienone is 20. The molecule has 0 saturated carbocycles. The number of carbonyl (C=O) groups excluding carboxylic acids is 3. The second kappa shape index (κ2) is 59.4. The Morgan fingerprint density at radius 3 is 1.06 bits per heavy atom. The van der Waals surface area contributed by atoms with Crippen LogP contribution in [0.5, 0.6) is 0 Å². The van der Waals surface area contributed by atoms with E-state index in [9.17, 15) is 14.4 Å². The number of rotatable bonds is 52. The van der Waals surface area contributed by atoms with Crippen molar-refractivity contribution < 1.29 is 28.6 Å². The van der Waals surface area contributed by atoms with Crippen molar-refractivity contribution >= 4 is 17.9 Å². The molecule has 1 unspecified atom stereocenters. The maximum absolute atomic E-state index is 12.9. The third-order valence-electron chi connectivity index (χ3n) is 12.3. The monoisotopic (exact) mass is 997 g/mol. The Balaban J connectivity index is 4.53. The minimum Gasteiger partial charge on any atom is -0.462 e. The largest absolute Gasteiger partial charge is 0.462 e. The van der Waals surface area contributed by atoms with Crippen LogP contribution in [-0.4, -0.2) is 37.2 Å². The number of hydrogen-bond acceptors (Lipinski definition) is 6. The molecule has 0 N–H and O–H groups in total. The van der Waals surface area contributed by atoms with Gasteiger partial charge in [0, 0.05) is 19.3 Å². The van der Waals surface area contributed by atoms with Gasteiger partial charge in [-0.15, -0.1) is 0 Å². The summed E-state index contributed by atoms with van der Waals surface area (Å²) in [4.78, 5) is 38.2. The van der Waals surface area contributed by atoms with Gasteiger partial charge in [-0.3, -0.25) is 14.4 Å². The quantitative estimate of drug-likeness (QED) is 0.0199. The highest BCUT2D eigenvalue weighted by molar-refractivity contribution is 5.71. The molecule has 1 atom stereocenters. The highest BCUT2D eigenvalue weighted by Gasteiger charge is 2.19. The van der Waals surface area contributed by atoms with Crippen LogP contribution < -0.4 is 0 Å². The summed E-state index contributed by atoms with van der Waals surface area (Å²) in [6.07, 6.45) is 81.9. The first-order valence-corrected chi connectivity index (χ1v) is 29.6. The summed E-state index contributed by atoms with van der Waals surface area (Å²) in [5.74, 6) is -0.992. The highest BCUT2D eigenvalue weighted by atomic mass is 16.6. The summed E-state index contributed by atoms with van der Waals surface area (Å²) in [7, 11) is 0. The van der Waals surface area contributed by atoms with Crippen molar-refractivity contribution in [3.63, 3.8) is 0 Å². The van der Waals surface area contributed by atoms with Gasteiger partial charge >= 0.3 is 17.9 Å². The molecule has 0 bridgehead atoms. The summed E-state index contributed by atoms with van der Waals surface area (Å²) in [6, 6.07) is 0. The molecule has 0 radical (unpaired) electrons. The molecule has 0 aromatic rings. The van der Waals surface area contributed by atoms with Crippen LogP contribution in [0.25, 0.3) is 0 Å². The third kappa shape index (κ3) is 56.7. The first-order valence-electron chi connectivity index (χ1n) is 29.6. The predicted octanol–water partition coefficient (Wildman–Crippen LogP) is 20.0. The van der Waals surface area contributed by atoms with E-state index in [0.717, 1.165) is 109 Å². The Morgan fingerprint density at radius 2 is 0.611 bits per heavy atom. The van der Waals surface area contributed by atoms with Crippen LogP contribution in [0.1, 0.15) is 258 Å². The molecule has 0 amide bonds. The molecule has 72 heavy (non-hydrogen) atoms. The van der Waals surface area contributed by atoms with Crippen LogP contribution in [0, 0.1) is 0 Å². The number of unbranched alkanes of at least 4 members (excludes halogenated alkanes) is 24. The van der Waals surface area contributed by atoms with Crippen molar-refractivity contribution in [1.29, 1.82) is 0 Å². The third-order valence-corrected chi connectivity index (χ3v) is 12.3. The van der Waals surface area contributed by atoms with E-state index in [4.69, 9.17) is 14.2 Å². The number of carbonyl (C=O) groups is 3. The minimum absolute atomic E-state index is 0.109. The Morgan fingerprint density at radius 1 is 0.306 bits per heavy atom. The molecule has 0 rings (SSSR count). The van der Waals surface area contributed by atoms with Gasteiger partial charge in [-0.25, -0.2) is 0 Å². The molecule has 0 spiro atoms. The molecule has 0 fully saturated rings. The molecule has 0 aliphatic rings. The standard InChI is InChI=1S/C66H108O6/c1-4-7-10-13-16-19-22-25-28-31-33-36-38-41-44-47-50-53-56-59-65(68)71-62-63(61-70-64(67)58-55-52-49-46-43-40-37-34-30-27-24-21-18-15-12-9-6-3)72-66(69)60-57-54-51-48-45-42-39-35-32-29-26-23-20-17-14-11-8-5-2/h7,10,16-17,19-20,23,25-30,32,35,37,39-40,46,49,63H,4-6,8-9,11-15,18,21-22,24,31,33-34,36,38,41-45,47-48,50-62H2,1-3H3/b10-7-,19-16-,20-17-,26-23-,28-25-,30-27-,32-29-,39-35-,40-37-,49-46-. The zero-order chi connectivity index (χ0) is 52.2. The first kappa shape index (κ1) is 67.8. The van der Waals surface area contributed by atoms with E-state index in [0.29, 0.717) is 12.8 Å². The van der Waals surface area contributed by atoms with E-state index in [1.165, 1.54) is 103 Å². The fourth-order valence-corrected chi connectivity index (χ4v) is 7.84. The number of hydrogen-bond donors (Lipinski definition) is 0. The van der Waals surface area contributed by atoms with E-state index in [1.807, 2.05) is 0 Å². The second-order valence-corrected chi connectivity index (χ2v) is 19.3. The lowest BCUT2D eigenvalue weighted by atomic mass is 10.1. The van der Waals surface area contributed by atoms with Crippen LogP contribution in [0.4, 0.5) is 0 Å². The van der Waals surface area contributed by atoms with Gasteiger partial charge in [-0.05, 0) is 109 Å². The van der Waals surface area contributed by atoms with E-state index in [1.54, 1.807) is 0 Å². The van der Waals surface area contributed by atoms with E-state index in [2.05, 4.69) is 142 Å². The maximum atomic E-state index is 12.9. The van der Waals surface area contributed by atoms with Gasteiger partial charge in [0.15, 0.2) is 6.10 Å². The second-order valence-electron chi connectivity index (χ2n) is 19.3. The fraction of sp³-hybridized carbons (Fsp3) is 0.652. The molecule has 6 nitrogen and oxygen atoms in total. The van der Waals surface area contributed by atoms with Gasteiger partial charge in [0.2, 0.25) is 0 Å². The number of ether oxygens (including phenoxy) is 3. The lowest BCUT2D eigenvalue weighted by Crippen LogP contribution is -2.30. The zero-order valence-corrected chi connectivity index (χ0v) is 46.7. The van der Waals surface area contributed by atoms with Crippen LogP contribution in [-0.2, 0) is 28.6 Å². The average Bonchev–Trinajstić information content (AvgIpc) is 3.38. The zero-order valence-electron chi connectivity index (χ0n) is 46.7. The van der Waals surface area contributed by atoms with E-state index in [-0.39, 0.29) is 44.0 Å². The summed E-state index contributed by atoms with van der Waals surface area (Å²) in [5, 5.41) is 0. The molecule has 0 aromatic carbocycles. The highest BCUT2D eigenvalue weighted by Crippen LogP contribution is 2.14. The molecule has 0 heterocycles. The van der Waals surface area contributed by atoms with Gasteiger partial charge in [0.05, 0.1) is 0 Å². The minimum atomic E-state index is -0.818. The van der Waals surface area contributed by atoms with Crippen LogP contribution in [0.3, 0.4) is 0 Å². The number of esters is 3. The maximum Gasteiger partial charge on any atom is 0.306 e. The Kier molecular flexibility index (Phi) is 55.9. The fourth-order valence-electron chi connectivity index (χ4n) is 7.84. The average molecular weight is 998 g/mol. The molecule has 6 heteroatoms. The van der Waals surface area contributed by atoms with Crippen molar-refractivity contribution in [3.8, 4) is 0 Å². The predicted molar refractivity (Wildman–Crippen MR) is 311 cm³/mol. The molecular weight excluding hydrogens is 889 g/mol. The molecule has 0 aromatic heterocycles. The van der Waals surface area contributed by atoms with Gasteiger partial charge in [-0.2, -0.15) is 0 Å². The van der Waals surface area contributed by atoms with Crippen molar-refractivity contribution in [1.82, 2.24) is 0 Å². The molecule has 0 aliphatic carbocycles. The molecule has 0 saturated heterocycles. The van der Waals surface area contributed by atoms with Crippen molar-refractivity contribution in [2.75, 3.05) is 13.2 Å². The molecule has 0 aliphatic heterocycles. The summed E-state index contributed by atoms with van der Waals surface area (Å²) in [5.41, 5.74) is 0. The normalized spacial score (nSPS) is 13.0.